The van der Waals surface area contributed by atoms with E-state index in [-0.39, 0.29) is 5.78 Å². The normalized spacial score (nSPS) is 14.9. The summed E-state index contributed by atoms with van der Waals surface area (Å²) in [5, 5.41) is 0. The number of nitrogens with zero attached hydrogens (tertiary/aromatic N) is 1. The van der Waals surface area contributed by atoms with Crippen molar-refractivity contribution in [3.8, 4) is 0 Å². The van der Waals surface area contributed by atoms with Crippen LogP contribution in [-0.2, 0) is 9.09 Å². The summed E-state index contributed by atoms with van der Waals surface area (Å²) < 4.78 is 18.6. The van der Waals surface area contributed by atoms with Gasteiger partial charge in [0.1, 0.15) is 0 Å². The van der Waals surface area contributed by atoms with E-state index in [2.05, 4.69) is 19.1 Å². The number of hydrogen-bond acceptors (Lipinski definition) is 2. The molecule has 0 aromatic rings. The van der Waals surface area contributed by atoms with Crippen LogP contribution in [0.2, 0.25) is 0 Å². The van der Waals surface area contributed by atoms with Gasteiger partial charge in [-0.2, -0.15) is 0 Å². The van der Waals surface area contributed by atoms with Gasteiger partial charge in [-0.1, -0.05) is 129 Å². The first-order valence-electron chi connectivity index (χ1n) is 15.7. The maximum absolute atomic E-state index is 12.7. The molecular weight excluding hydrogens is 465 g/mol. The maximum Gasteiger partial charge on any atom is 0.385 e. The zero-order valence-electron chi connectivity index (χ0n) is 25.2. The SMILES string of the molecule is CCCCCCCCCCCCCCCCCCC/C=C\CCCOP(=O)(O)C(CCC)[N+](C)(C)C. The van der Waals surface area contributed by atoms with Gasteiger partial charge >= 0.3 is 7.60 Å². The van der Waals surface area contributed by atoms with Crippen molar-refractivity contribution >= 4 is 7.60 Å². The number of quaternary nitrogens is 1. The van der Waals surface area contributed by atoms with Gasteiger partial charge in [0.05, 0.1) is 27.7 Å². The van der Waals surface area contributed by atoms with Crippen molar-refractivity contribution in [3.63, 3.8) is 0 Å². The van der Waals surface area contributed by atoms with Crippen LogP contribution >= 0.6 is 7.60 Å². The highest BCUT2D eigenvalue weighted by molar-refractivity contribution is 7.53. The third kappa shape index (κ3) is 21.9. The molecule has 2 atom stereocenters. The molecule has 0 saturated carbocycles. The Morgan fingerprint density at radius 1 is 0.639 bits per heavy atom. The minimum absolute atomic E-state index is 0.349. The van der Waals surface area contributed by atoms with Crippen LogP contribution in [0.15, 0.2) is 12.2 Å². The Morgan fingerprint density at radius 2 is 1.03 bits per heavy atom. The Bertz CT molecular complexity index is 544. The van der Waals surface area contributed by atoms with Gasteiger partial charge in [0.15, 0.2) is 5.78 Å². The van der Waals surface area contributed by atoms with Crippen molar-refractivity contribution in [1.29, 1.82) is 0 Å². The molecule has 2 unspecified atom stereocenters. The maximum atomic E-state index is 12.7. The quantitative estimate of drug-likeness (QED) is 0.0497. The standard InChI is InChI=1S/C31H64NO3P/c1-6-8-9-10-11-12-13-14-15-16-17-18-19-20-21-22-23-24-25-26-27-28-30-35-36(33,34)31(29-7-2)32(3,4)5/h25-26,31H,6-24,27-30H2,1-5H3/p+1/b26-25-. The van der Waals surface area contributed by atoms with Gasteiger partial charge in [-0.15, -0.1) is 0 Å². The second kappa shape index (κ2) is 23.9. The van der Waals surface area contributed by atoms with Crippen LogP contribution in [0.1, 0.15) is 155 Å². The molecule has 0 aromatic carbocycles. The topological polar surface area (TPSA) is 46.5 Å². The Morgan fingerprint density at radius 3 is 1.42 bits per heavy atom. The summed E-state index contributed by atoms with van der Waals surface area (Å²) in [6, 6.07) is 0. The van der Waals surface area contributed by atoms with Gasteiger partial charge in [0.2, 0.25) is 0 Å². The van der Waals surface area contributed by atoms with E-state index in [0.717, 1.165) is 25.7 Å². The number of allylic oxidation sites excluding steroid dienone is 2. The van der Waals surface area contributed by atoms with Gasteiger partial charge in [-0.05, 0) is 32.1 Å². The number of hydrogen-bond donors (Lipinski definition) is 1. The van der Waals surface area contributed by atoms with Crippen molar-refractivity contribution in [2.75, 3.05) is 27.7 Å². The number of rotatable bonds is 27. The molecule has 0 amide bonds. The fourth-order valence-corrected chi connectivity index (χ4v) is 6.97. The molecular formula is C31H65NO3P+. The number of unbranched alkanes of at least 4 members (excludes halogenated alkanes) is 18. The third-order valence-corrected chi connectivity index (χ3v) is 9.51. The van der Waals surface area contributed by atoms with E-state index in [1.54, 1.807) is 0 Å². The lowest BCUT2D eigenvalue weighted by atomic mass is 10.0. The van der Waals surface area contributed by atoms with Crippen molar-refractivity contribution in [1.82, 2.24) is 0 Å². The molecule has 0 aliphatic rings. The molecule has 0 heterocycles. The molecule has 0 radical (unpaired) electrons. The first kappa shape index (κ1) is 35.9. The summed E-state index contributed by atoms with van der Waals surface area (Å²) in [6.45, 7) is 4.70. The Hall–Kier alpha value is -0.150. The van der Waals surface area contributed by atoms with E-state index in [1.165, 1.54) is 109 Å². The largest absolute Gasteiger partial charge is 0.385 e. The highest BCUT2D eigenvalue weighted by Gasteiger charge is 2.41. The smallest absolute Gasteiger partial charge is 0.320 e. The van der Waals surface area contributed by atoms with E-state index in [4.69, 9.17) is 4.52 Å². The van der Waals surface area contributed by atoms with E-state index in [1.807, 2.05) is 28.1 Å². The molecule has 0 aromatic heterocycles. The van der Waals surface area contributed by atoms with Crippen LogP contribution in [0.5, 0.6) is 0 Å². The van der Waals surface area contributed by atoms with Gasteiger partial charge in [-0.25, -0.2) is 0 Å². The van der Waals surface area contributed by atoms with Gasteiger partial charge in [0, 0.05) is 6.42 Å². The molecule has 5 heteroatoms. The molecule has 36 heavy (non-hydrogen) atoms. The van der Waals surface area contributed by atoms with Gasteiger partial charge < -0.3 is 13.9 Å². The second-order valence-electron chi connectivity index (χ2n) is 11.8. The van der Waals surface area contributed by atoms with Crippen LogP contribution in [0.25, 0.3) is 0 Å². The minimum atomic E-state index is -3.59. The van der Waals surface area contributed by atoms with Crippen molar-refractivity contribution < 1.29 is 18.5 Å². The average Bonchev–Trinajstić information content (AvgIpc) is 2.82. The minimum Gasteiger partial charge on any atom is -0.320 e. The first-order valence-corrected chi connectivity index (χ1v) is 17.3. The molecule has 0 fully saturated rings. The molecule has 4 nitrogen and oxygen atoms in total. The Labute approximate surface area is 226 Å². The van der Waals surface area contributed by atoms with Crippen molar-refractivity contribution in [3.05, 3.63) is 12.2 Å². The van der Waals surface area contributed by atoms with Gasteiger partial charge in [-0.3, -0.25) is 4.57 Å². The highest BCUT2D eigenvalue weighted by atomic mass is 31.2. The molecule has 216 valence electrons. The molecule has 0 spiro atoms. The predicted octanol–water partition coefficient (Wildman–Crippen LogP) is 10.4. The molecule has 0 bridgehead atoms. The van der Waals surface area contributed by atoms with Crippen molar-refractivity contribution in [2.24, 2.45) is 0 Å². The van der Waals surface area contributed by atoms with E-state index in [0.29, 0.717) is 17.5 Å². The lowest BCUT2D eigenvalue weighted by Crippen LogP contribution is -2.45. The zero-order valence-corrected chi connectivity index (χ0v) is 26.0. The highest BCUT2D eigenvalue weighted by Crippen LogP contribution is 2.51. The summed E-state index contributed by atoms with van der Waals surface area (Å²) in [7, 11) is 2.31. The van der Waals surface area contributed by atoms with Crippen molar-refractivity contribution in [2.45, 2.75) is 161 Å². The van der Waals surface area contributed by atoms with Crippen LogP contribution in [-0.4, -0.2) is 42.9 Å². The van der Waals surface area contributed by atoms with E-state index in [9.17, 15) is 9.46 Å². The monoisotopic (exact) mass is 530 g/mol. The fourth-order valence-electron chi connectivity index (χ4n) is 4.95. The van der Waals surface area contributed by atoms with Gasteiger partial charge in [0.25, 0.3) is 0 Å². The summed E-state index contributed by atoms with van der Waals surface area (Å²) >= 11 is 0. The molecule has 1 N–H and O–H groups in total. The van der Waals surface area contributed by atoms with E-state index >= 15 is 0 Å². The Kier molecular flexibility index (Phi) is 23.8. The lowest BCUT2D eigenvalue weighted by Gasteiger charge is -2.35. The summed E-state index contributed by atoms with van der Waals surface area (Å²) in [4.78, 5) is 10.4. The second-order valence-corrected chi connectivity index (χ2v) is 13.8. The Balaban J connectivity index is 3.47. The van der Waals surface area contributed by atoms with Crippen LogP contribution < -0.4 is 0 Å². The third-order valence-electron chi connectivity index (χ3n) is 7.25. The predicted molar refractivity (Wildman–Crippen MR) is 160 cm³/mol. The van der Waals surface area contributed by atoms with E-state index < -0.39 is 7.60 Å². The molecule has 0 rings (SSSR count). The fraction of sp³-hybridized carbons (Fsp3) is 0.935. The van der Waals surface area contributed by atoms with Crippen LogP contribution in [0, 0.1) is 0 Å². The molecule has 0 aliphatic carbocycles. The summed E-state index contributed by atoms with van der Waals surface area (Å²) in [5.74, 6) is -0.349. The average molecular weight is 531 g/mol. The first-order chi connectivity index (χ1) is 17.3. The zero-order chi connectivity index (χ0) is 27.0. The lowest BCUT2D eigenvalue weighted by molar-refractivity contribution is -0.883. The molecule has 0 aliphatic heterocycles. The summed E-state index contributed by atoms with van der Waals surface area (Å²) in [6.07, 6.45) is 33.0. The molecule has 0 saturated heterocycles. The van der Waals surface area contributed by atoms with Crippen LogP contribution in [0.4, 0.5) is 0 Å². The van der Waals surface area contributed by atoms with Crippen LogP contribution in [0.3, 0.4) is 0 Å². The summed E-state index contributed by atoms with van der Waals surface area (Å²) in [5.41, 5.74) is 0.